The molecule has 0 spiro atoms. The zero-order chi connectivity index (χ0) is 87.6. The first-order chi connectivity index (χ1) is 55.7. The Morgan fingerprint density at radius 2 is 0.890 bits per heavy atom. The number of ether oxygens (including phenoxy) is 10. The minimum atomic E-state index is -4.02. The van der Waals surface area contributed by atoms with Crippen molar-refractivity contribution in [2.24, 2.45) is 0 Å². The molecule has 0 saturated carbocycles. The fourth-order valence-corrected chi connectivity index (χ4v) is 15.1. The number of carbonyl (C=O) groups excluding carboxylic acids is 11. The maximum atomic E-state index is 14.4. The summed E-state index contributed by atoms with van der Waals surface area (Å²) in [4.78, 5) is 166. The fourth-order valence-electron chi connectivity index (χ4n) is 13.3. The number of Topliss-reactive ketones (excluding diaryl/α,β-unsaturated/α-hetero) is 5. The number of rotatable bonds is 57. The van der Waals surface area contributed by atoms with Gasteiger partial charge in [0, 0.05) is 124 Å². The molecule has 45 heteroatoms. The first-order valence-electron chi connectivity index (χ1n) is 39.5. The summed E-state index contributed by atoms with van der Waals surface area (Å²) >= 11 is 0. The molecular formula is C73H124N6O37P2. The van der Waals surface area contributed by atoms with Crippen LogP contribution in [0.25, 0.3) is 0 Å². The molecule has 17 N–H and O–H groups in total. The third-order valence-electron chi connectivity index (χ3n) is 19.9. The second kappa shape index (κ2) is 51.7. The Kier molecular flexibility index (Phi) is 45.2. The van der Waals surface area contributed by atoms with Crippen molar-refractivity contribution in [3.63, 3.8) is 0 Å². The summed E-state index contributed by atoms with van der Waals surface area (Å²) in [5.41, 5.74) is -2.48. The highest BCUT2D eigenvalue weighted by Gasteiger charge is 2.49. The van der Waals surface area contributed by atoms with Crippen LogP contribution in [0, 0.1) is 0 Å². The van der Waals surface area contributed by atoms with Gasteiger partial charge in [-0.05, 0) is 32.5 Å². The monoisotopic (exact) mass is 1740 g/mol. The third kappa shape index (κ3) is 35.5. The van der Waals surface area contributed by atoms with E-state index < -0.39 is 249 Å². The van der Waals surface area contributed by atoms with Crippen molar-refractivity contribution < 1.29 is 179 Å². The largest absolute Gasteiger partial charge is 0.394 e. The molecule has 5 aliphatic heterocycles. The lowest BCUT2D eigenvalue weighted by Crippen LogP contribution is -2.64. The predicted molar refractivity (Wildman–Crippen MR) is 408 cm³/mol. The van der Waals surface area contributed by atoms with Crippen LogP contribution in [0.2, 0.25) is 0 Å². The summed E-state index contributed by atoms with van der Waals surface area (Å²) in [6, 6.07) is -4.61. The van der Waals surface area contributed by atoms with Crippen LogP contribution in [0.1, 0.15) is 151 Å². The van der Waals surface area contributed by atoms with Crippen molar-refractivity contribution >= 4 is 85.8 Å². The first-order valence-corrected chi connectivity index (χ1v) is 42.9. The van der Waals surface area contributed by atoms with Gasteiger partial charge in [0.1, 0.15) is 114 Å². The van der Waals surface area contributed by atoms with E-state index in [1.807, 2.05) is 0 Å². The Labute approximate surface area is 683 Å². The van der Waals surface area contributed by atoms with E-state index in [0.717, 1.165) is 20.8 Å². The minimum Gasteiger partial charge on any atom is -0.394 e. The van der Waals surface area contributed by atoms with Crippen LogP contribution in [0.3, 0.4) is 0 Å². The number of hydrogen-bond acceptors (Lipinski definition) is 36. The van der Waals surface area contributed by atoms with Gasteiger partial charge < -0.3 is 153 Å². The summed E-state index contributed by atoms with van der Waals surface area (Å²) in [5.74, 6) is -5.56. The Balaban J connectivity index is 1.26. The van der Waals surface area contributed by atoms with Crippen LogP contribution in [0.4, 0.5) is 0 Å². The molecule has 5 fully saturated rings. The van der Waals surface area contributed by atoms with Crippen LogP contribution >= 0.6 is 15.2 Å². The molecule has 5 heterocycles. The molecule has 0 aliphatic carbocycles. The molecule has 5 saturated heterocycles. The quantitative estimate of drug-likeness (QED) is 0.0200. The number of likely N-dealkylation sites (tertiary alicyclic amines) is 1. The molecule has 0 aromatic heterocycles. The van der Waals surface area contributed by atoms with Gasteiger partial charge in [0.25, 0.3) is 0 Å². The molecule has 0 bridgehead atoms. The minimum absolute atomic E-state index is 0.0258. The van der Waals surface area contributed by atoms with E-state index in [0.29, 0.717) is 0 Å². The number of nitrogens with zero attached hydrogens (tertiary/aromatic N) is 1. The van der Waals surface area contributed by atoms with E-state index in [-0.39, 0.29) is 179 Å². The average molecular weight is 1740 g/mol. The lowest BCUT2D eigenvalue weighted by molar-refractivity contribution is -0.269. The van der Waals surface area contributed by atoms with E-state index in [4.69, 9.17) is 60.9 Å². The highest BCUT2D eigenvalue weighted by atomic mass is 31.2. The number of β-amino-alcohol motifs (C(OH)–C–C–N with tert-alkyl or cyclic N) is 1. The van der Waals surface area contributed by atoms with Crippen molar-refractivity contribution in [3.05, 3.63) is 0 Å². The second-order valence-electron chi connectivity index (χ2n) is 30.2. The lowest BCUT2D eigenvalue weighted by Gasteiger charge is -2.42. The number of hydrogen-bond donors (Lipinski definition) is 17. The maximum absolute atomic E-state index is 14.4. The van der Waals surface area contributed by atoms with E-state index >= 15 is 0 Å². The normalized spacial score (nSPS) is 29.4. The topological polar surface area (TPSA) is 631 Å². The highest BCUT2D eigenvalue weighted by molar-refractivity contribution is 7.58. The molecule has 0 aromatic rings. The highest BCUT2D eigenvalue weighted by Crippen LogP contribution is 2.50. The summed E-state index contributed by atoms with van der Waals surface area (Å²) in [6.45, 7) is 1.79. The van der Waals surface area contributed by atoms with Crippen LogP contribution in [-0.2, 0) is 118 Å². The van der Waals surface area contributed by atoms with Crippen molar-refractivity contribution in [3.8, 4) is 0 Å². The molecule has 9 unspecified atom stereocenters. The summed E-state index contributed by atoms with van der Waals surface area (Å²) in [5, 5.41) is 115. The molecule has 118 heavy (non-hydrogen) atoms. The van der Waals surface area contributed by atoms with Gasteiger partial charge in [-0.2, -0.15) is 0 Å². The average Bonchev–Trinajstić information content (AvgIpc) is 1.28. The summed E-state index contributed by atoms with van der Waals surface area (Å²) in [7, 11) is -8.00. The van der Waals surface area contributed by atoms with Crippen LogP contribution in [0.5, 0.6) is 0 Å². The number of ketones is 5. The zero-order valence-corrected chi connectivity index (χ0v) is 69.4. The number of carbonyl (C=O) groups is 11. The molecule has 22 atom stereocenters. The molecule has 5 rings (SSSR count). The smallest absolute Gasteiger partial charge is 0.330 e. The molecule has 43 nitrogen and oxygen atoms in total. The molecular weight excluding hydrogens is 1610 g/mol. The van der Waals surface area contributed by atoms with Gasteiger partial charge >= 0.3 is 7.60 Å². The fraction of sp³-hybridized carbons (Fsp3) is 0.836. The van der Waals surface area contributed by atoms with E-state index in [2.05, 4.69) is 32.9 Å². The van der Waals surface area contributed by atoms with E-state index in [1.54, 1.807) is 6.92 Å². The van der Waals surface area contributed by atoms with E-state index in [1.165, 1.54) is 18.7 Å². The van der Waals surface area contributed by atoms with Gasteiger partial charge in [0.05, 0.1) is 123 Å². The number of nitrogens with one attached hydrogen (secondary N) is 5. The van der Waals surface area contributed by atoms with Crippen LogP contribution in [0.15, 0.2) is 0 Å². The Hall–Kier alpha value is -5.30. The van der Waals surface area contributed by atoms with Crippen LogP contribution in [-0.4, -0.2) is 376 Å². The summed E-state index contributed by atoms with van der Waals surface area (Å²) in [6.07, 6.45) is -19.4. The van der Waals surface area contributed by atoms with Gasteiger partial charge in [-0.3, -0.25) is 57.3 Å². The molecule has 678 valence electrons. The number of aliphatic hydroxyl groups excluding tert-OH is 10. The van der Waals surface area contributed by atoms with Gasteiger partial charge in [0.15, 0.2) is 18.9 Å². The van der Waals surface area contributed by atoms with Gasteiger partial charge in [-0.1, -0.05) is 13.8 Å². The standard InChI is InChI=1S/C73H124N6O37P2/c1-41(2)118(102,103)111-37-57-53(30-42(3)112-57)116-117(7,101)110-36-46-31-52(91)32-79(46)60(94)15-14-59(93)78-73(38-104-24-17-47(86)10-8-12-49(88)19-27-107-70-61(75-43(4)83)67(98)64(95)54(33-80)113-70,39-105-25-18-48(87)11-9-13-50(89)20-28-108-71-62(76-44(5)84)68(99)65(96)55(34-81)114-71)40-106-26-22-58(92)74-23-16-51(90)21-29-109-72-63(77-45(6)85)69(100)66(97)56(35-82)115-72/h41-42,46,52-57,61-72,80-82,91,95-101H,7-40H2,1-6H3,(H,74,92)(H,75,83)(H,76,84)(H,77,85)(H,78,93)(H,102,103)/t42-,46-,52+,53?,54?,55?,56?,57+,61?,62?,63?,64-,65-,66-,67+,68+,69+,70+,71+,72+,73?,117?/m0/s1. The second-order valence-corrected chi connectivity index (χ2v) is 34.4. The van der Waals surface area contributed by atoms with Crippen molar-refractivity contribution in [1.29, 1.82) is 0 Å². The summed E-state index contributed by atoms with van der Waals surface area (Å²) < 4.78 is 87.1. The third-order valence-corrected chi connectivity index (χ3v) is 22.8. The zero-order valence-electron chi connectivity index (χ0n) is 67.6. The molecule has 0 radical (unpaired) electrons. The van der Waals surface area contributed by atoms with Crippen molar-refractivity contribution in [2.45, 2.75) is 284 Å². The molecule has 5 aliphatic rings. The first kappa shape index (κ1) is 103. The Bertz CT molecular complexity index is 3090. The van der Waals surface area contributed by atoms with E-state index in [9.17, 15) is 118 Å². The molecule has 6 amide bonds. The van der Waals surface area contributed by atoms with Gasteiger partial charge in [-0.15, -0.1) is 0 Å². The predicted octanol–water partition coefficient (Wildman–Crippen LogP) is -5.08. The Morgan fingerprint density at radius 3 is 1.29 bits per heavy atom. The number of aliphatic hydroxyl groups is 10. The number of amides is 6. The lowest BCUT2D eigenvalue weighted by atomic mass is 9.97. The van der Waals surface area contributed by atoms with Crippen LogP contribution < -0.4 is 26.6 Å². The van der Waals surface area contributed by atoms with Crippen molar-refractivity contribution in [1.82, 2.24) is 31.5 Å². The molecule has 0 aromatic carbocycles. The van der Waals surface area contributed by atoms with Crippen molar-refractivity contribution in [2.75, 3.05) is 106 Å². The van der Waals surface area contributed by atoms with Gasteiger partial charge in [0.2, 0.25) is 43.0 Å². The SMILES string of the molecule is C=P(O)(OC[C@@H]1C[C@@H](O)CN1C(=O)CCC(=O)NC(COCCC(=O)CCCC(=O)CCO[C@@H]1OC(CO)[C@H](O)[C@H](O)C1NC(C)=O)(COCCC(=O)CCCC(=O)CCO[C@@H]1OC(CO)[C@H](O)[C@H](O)C1NC(C)=O)COCCC(=O)NCCC(=O)CCO[C@@H]1OC(CO)[C@H](O)[C@H](O)C1NC(C)=O)OC1C[C@H](C)O[C@@H]1COP(=O)(O)C(C)C. The Morgan fingerprint density at radius 1 is 0.492 bits per heavy atom. The maximum Gasteiger partial charge on any atom is 0.330 e. The van der Waals surface area contributed by atoms with Gasteiger partial charge in [-0.25, -0.2) is 0 Å².